The molecule has 0 radical (unpaired) electrons. The zero-order valence-electron chi connectivity index (χ0n) is 39.0. The molecule has 0 fully saturated rings. The molecular formula is C64H53N3. The highest BCUT2D eigenvalue weighted by Gasteiger charge is 2.25. The van der Waals surface area contributed by atoms with Crippen molar-refractivity contribution in [2.75, 3.05) is 0 Å². The lowest BCUT2D eigenvalue weighted by Gasteiger charge is -2.22. The molecule has 0 aliphatic rings. The number of nitrogens with zero attached hydrogens (tertiary/aromatic N) is 2. The molecular weight excluding hydrogens is 811 g/mol. The van der Waals surface area contributed by atoms with Crippen molar-refractivity contribution in [3.8, 4) is 78.3 Å². The SMILES string of the molecule is CC(C)(C)c1cc(-c2cc(-c3ccc4cc(-c5ccccc5)ccc4c3)ccn2)c2[nH]c3c(-c4cc(-c5ccccc5)cc(-c5cccc(-c6ccccc6)c5)n4)cc(C(C)(C)C)cc3c2c1. The van der Waals surface area contributed by atoms with E-state index in [9.17, 15) is 0 Å². The molecule has 0 atom stereocenters. The highest BCUT2D eigenvalue weighted by atomic mass is 14.8. The summed E-state index contributed by atoms with van der Waals surface area (Å²) in [6.07, 6.45) is 1.96. The van der Waals surface area contributed by atoms with Gasteiger partial charge in [-0.05, 0) is 144 Å². The minimum absolute atomic E-state index is 0.111. The van der Waals surface area contributed by atoms with Crippen molar-refractivity contribution in [3.05, 3.63) is 218 Å². The van der Waals surface area contributed by atoms with Crippen LogP contribution < -0.4 is 0 Å². The molecule has 0 spiro atoms. The maximum absolute atomic E-state index is 5.57. The van der Waals surface area contributed by atoms with E-state index in [0.29, 0.717) is 0 Å². The Morgan fingerprint density at radius 1 is 0.328 bits per heavy atom. The molecule has 3 nitrogen and oxygen atoms in total. The van der Waals surface area contributed by atoms with Crippen LogP contribution in [0.2, 0.25) is 0 Å². The molecule has 0 unspecified atom stereocenters. The maximum atomic E-state index is 5.57. The Morgan fingerprint density at radius 3 is 1.31 bits per heavy atom. The maximum Gasteiger partial charge on any atom is 0.0736 e. The van der Waals surface area contributed by atoms with E-state index in [-0.39, 0.29) is 10.8 Å². The molecule has 8 aromatic carbocycles. The molecule has 11 aromatic rings. The summed E-state index contributed by atoms with van der Waals surface area (Å²) >= 11 is 0. The van der Waals surface area contributed by atoms with Gasteiger partial charge < -0.3 is 4.98 Å². The number of pyridine rings is 2. The van der Waals surface area contributed by atoms with E-state index in [4.69, 9.17) is 9.97 Å². The molecule has 0 saturated carbocycles. The number of hydrogen-bond acceptors (Lipinski definition) is 2. The highest BCUT2D eigenvalue weighted by Crippen LogP contribution is 2.44. The van der Waals surface area contributed by atoms with Gasteiger partial charge in [0.05, 0.1) is 28.1 Å². The Labute approximate surface area is 393 Å². The van der Waals surface area contributed by atoms with Crippen molar-refractivity contribution in [2.24, 2.45) is 0 Å². The lowest BCUT2D eigenvalue weighted by atomic mass is 9.83. The third-order valence-corrected chi connectivity index (χ3v) is 13.3. The highest BCUT2D eigenvalue weighted by molar-refractivity contribution is 6.16. The summed E-state index contributed by atoms with van der Waals surface area (Å²) in [7, 11) is 0. The predicted molar refractivity (Wildman–Crippen MR) is 284 cm³/mol. The van der Waals surface area contributed by atoms with E-state index in [1.165, 1.54) is 49.4 Å². The van der Waals surface area contributed by atoms with E-state index < -0.39 is 0 Å². The standard InChI is InChI=1S/C64H53N3/c1-63(2,3)52-37-54-55-38-53(64(4,5)6)40-57(60-36-51(43-21-14-9-15-22-43)35-58(66-60)50-24-16-23-44(33-50)41-17-10-7-11-18-41)62(55)67-61(54)56(39-52)59-34-49(29-30-65-59)48-28-27-46-31-45(25-26-47(46)32-48)42-19-12-8-13-20-42/h7-40,67H,1-6H3. The van der Waals surface area contributed by atoms with Crippen LogP contribution in [0.5, 0.6) is 0 Å². The van der Waals surface area contributed by atoms with Crippen molar-refractivity contribution < 1.29 is 0 Å². The molecule has 3 aromatic heterocycles. The van der Waals surface area contributed by atoms with Gasteiger partial charge in [0, 0.05) is 33.7 Å². The summed E-state index contributed by atoms with van der Waals surface area (Å²) in [4.78, 5) is 14.7. The number of nitrogens with one attached hydrogen (secondary N) is 1. The molecule has 11 rings (SSSR count). The summed E-state index contributed by atoms with van der Waals surface area (Å²) < 4.78 is 0. The minimum atomic E-state index is -0.125. The van der Waals surface area contributed by atoms with Gasteiger partial charge in [0.15, 0.2) is 0 Å². The first-order chi connectivity index (χ1) is 32.4. The molecule has 0 bridgehead atoms. The van der Waals surface area contributed by atoms with Crippen molar-refractivity contribution >= 4 is 32.6 Å². The van der Waals surface area contributed by atoms with Gasteiger partial charge >= 0.3 is 0 Å². The van der Waals surface area contributed by atoms with Gasteiger partial charge in [-0.15, -0.1) is 0 Å². The smallest absolute Gasteiger partial charge is 0.0736 e. The first-order valence-corrected chi connectivity index (χ1v) is 23.4. The fraction of sp³-hybridized carbons (Fsp3) is 0.125. The van der Waals surface area contributed by atoms with Crippen LogP contribution in [-0.2, 0) is 10.8 Å². The van der Waals surface area contributed by atoms with Crippen LogP contribution in [0, 0.1) is 0 Å². The number of fused-ring (bicyclic) bond motifs is 4. The van der Waals surface area contributed by atoms with E-state index >= 15 is 0 Å². The Bertz CT molecular complexity index is 3630. The van der Waals surface area contributed by atoms with E-state index in [1.807, 2.05) is 6.20 Å². The quantitative estimate of drug-likeness (QED) is 0.173. The number of aromatic nitrogens is 3. The monoisotopic (exact) mass is 863 g/mol. The Balaban J connectivity index is 1.10. The average Bonchev–Trinajstić information content (AvgIpc) is 3.74. The molecule has 0 aliphatic carbocycles. The number of H-pyrrole nitrogens is 1. The molecule has 324 valence electrons. The zero-order valence-corrected chi connectivity index (χ0v) is 39.0. The van der Waals surface area contributed by atoms with Crippen LogP contribution in [0.4, 0.5) is 0 Å². The van der Waals surface area contributed by atoms with E-state index in [1.54, 1.807) is 0 Å². The van der Waals surface area contributed by atoms with Crippen LogP contribution >= 0.6 is 0 Å². The Morgan fingerprint density at radius 2 is 0.761 bits per heavy atom. The molecule has 0 aliphatic heterocycles. The van der Waals surface area contributed by atoms with Crippen molar-refractivity contribution in [1.82, 2.24) is 15.0 Å². The van der Waals surface area contributed by atoms with Gasteiger partial charge in [-0.25, -0.2) is 4.98 Å². The number of hydrogen-bond donors (Lipinski definition) is 1. The number of aromatic amines is 1. The first kappa shape index (κ1) is 41.8. The first-order valence-electron chi connectivity index (χ1n) is 23.4. The van der Waals surface area contributed by atoms with Gasteiger partial charge in [0.1, 0.15) is 0 Å². The lowest BCUT2D eigenvalue weighted by Crippen LogP contribution is -2.11. The molecule has 67 heavy (non-hydrogen) atoms. The summed E-state index contributed by atoms with van der Waals surface area (Å²) in [6, 6.07) is 72.6. The summed E-state index contributed by atoms with van der Waals surface area (Å²) in [5.41, 5.74) is 19.8. The normalized spacial score (nSPS) is 12.0. The Hall–Kier alpha value is -7.88. The van der Waals surface area contributed by atoms with Gasteiger partial charge in [-0.2, -0.15) is 0 Å². The predicted octanol–water partition coefficient (Wildman–Crippen LogP) is 17.5. The van der Waals surface area contributed by atoms with E-state index in [2.05, 4.69) is 247 Å². The largest absolute Gasteiger partial charge is 0.353 e. The minimum Gasteiger partial charge on any atom is -0.353 e. The van der Waals surface area contributed by atoms with Crippen LogP contribution in [0.15, 0.2) is 206 Å². The lowest BCUT2D eigenvalue weighted by molar-refractivity contribution is 0.590. The van der Waals surface area contributed by atoms with Crippen molar-refractivity contribution in [3.63, 3.8) is 0 Å². The number of benzene rings is 8. The van der Waals surface area contributed by atoms with Crippen LogP contribution in [-0.4, -0.2) is 15.0 Å². The molecule has 3 heterocycles. The average molecular weight is 864 g/mol. The molecule has 0 amide bonds. The third-order valence-electron chi connectivity index (χ3n) is 13.3. The van der Waals surface area contributed by atoms with Gasteiger partial charge in [-0.3, -0.25) is 4.98 Å². The molecule has 3 heteroatoms. The van der Waals surface area contributed by atoms with Gasteiger partial charge in [-0.1, -0.05) is 175 Å². The second-order valence-electron chi connectivity index (χ2n) is 20.0. The van der Waals surface area contributed by atoms with E-state index in [0.717, 1.165) is 72.6 Å². The summed E-state index contributed by atoms with van der Waals surface area (Å²) in [5.74, 6) is 0. The zero-order chi connectivity index (χ0) is 45.9. The summed E-state index contributed by atoms with van der Waals surface area (Å²) in [5, 5.41) is 4.80. The second-order valence-corrected chi connectivity index (χ2v) is 20.0. The van der Waals surface area contributed by atoms with Gasteiger partial charge in [0.2, 0.25) is 0 Å². The number of rotatable bonds is 7. The molecule has 0 saturated heterocycles. The summed E-state index contributed by atoms with van der Waals surface area (Å²) in [6.45, 7) is 13.8. The van der Waals surface area contributed by atoms with Crippen LogP contribution in [0.3, 0.4) is 0 Å². The molecule has 1 N–H and O–H groups in total. The van der Waals surface area contributed by atoms with Crippen LogP contribution in [0.25, 0.3) is 111 Å². The topological polar surface area (TPSA) is 41.6 Å². The van der Waals surface area contributed by atoms with Crippen molar-refractivity contribution in [1.29, 1.82) is 0 Å². The fourth-order valence-electron chi connectivity index (χ4n) is 9.47. The fourth-order valence-corrected chi connectivity index (χ4v) is 9.47. The third kappa shape index (κ3) is 8.12. The van der Waals surface area contributed by atoms with Gasteiger partial charge in [0.25, 0.3) is 0 Å². The van der Waals surface area contributed by atoms with Crippen LogP contribution in [0.1, 0.15) is 52.7 Å². The Kier molecular flexibility index (Phi) is 10.3. The van der Waals surface area contributed by atoms with Crippen molar-refractivity contribution in [2.45, 2.75) is 52.4 Å². The second kappa shape index (κ2) is 16.5.